The molecule has 0 unspecified atom stereocenters. The van der Waals surface area contributed by atoms with Gasteiger partial charge in [-0.05, 0) is 46.3 Å². The van der Waals surface area contributed by atoms with Gasteiger partial charge in [-0.1, -0.05) is 0 Å². The number of hydrogen-bond acceptors (Lipinski definition) is 4. The normalized spacial score (nSPS) is 10.2. The van der Waals surface area contributed by atoms with E-state index in [0.29, 0.717) is 10.2 Å². The highest BCUT2D eigenvalue weighted by molar-refractivity contribution is 9.10. The Morgan fingerprint density at radius 2 is 2.00 bits per heavy atom. The van der Waals surface area contributed by atoms with Crippen LogP contribution in [0.2, 0.25) is 0 Å². The van der Waals surface area contributed by atoms with Crippen LogP contribution in [0, 0.1) is 15.9 Å². The number of hydrogen-bond donors (Lipinski definition) is 2. The van der Waals surface area contributed by atoms with Crippen molar-refractivity contribution in [2.45, 2.75) is 0 Å². The first-order chi connectivity index (χ1) is 9.88. The number of benzene rings is 2. The van der Waals surface area contributed by atoms with Crippen LogP contribution in [0.25, 0.3) is 0 Å². The van der Waals surface area contributed by atoms with Gasteiger partial charge in [0, 0.05) is 15.7 Å². The molecule has 0 bridgehead atoms. The fourth-order valence-electron chi connectivity index (χ4n) is 1.62. The van der Waals surface area contributed by atoms with Gasteiger partial charge in [0.25, 0.3) is 11.6 Å². The maximum atomic E-state index is 13.0. The predicted molar refractivity (Wildman–Crippen MR) is 79.6 cm³/mol. The third-order valence-corrected chi connectivity index (χ3v) is 3.35. The van der Waals surface area contributed by atoms with Crippen molar-refractivity contribution in [3.8, 4) is 0 Å². The van der Waals surface area contributed by atoms with Crippen LogP contribution in [-0.4, -0.2) is 10.8 Å². The maximum Gasteiger partial charge on any atom is 0.295 e. The fourth-order valence-corrected chi connectivity index (χ4v) is 2.00. The summed E-state index contributed by atoms with van der Waals surface area (Å²) in [6.45, 7) is 0. The Labute approximate surface area is 127 Å². The van der Waals surface area contributed by atoms with E-state index < -0.39 is 22.3 Å². The first kappa shape index (κ1) is 14.9. The second-order valence-electron chi connectivity index (χ2n) is 4.11. The Hall–Kier alpha value is -2.48. The average Bonchev–Trinajstić information content (AvgIpc) is 2.43. The number of halogens is 2. The number of amides is 1. The maximum absolute atomic E-state index is 13.0. The second-order valence-corrected chi connectivity index (χ2v) is 4.96. The van der Waals surface area contributed by atoms with E-state index in [0.717, 1.165) is 18.2 Å². The summed E-state index contributed by atoms with van der Waals surface area (Å²) < 4.78 is 13.6. The SMILES string of the molecule is Nc1ccc(C(=O)Nc2ccc(F)cc2[N+](=O)[O-])cc1Br. The van der Waals surface area contributed by atoms with Crippen LogP contribution < -0.4 is 11.1 Å². The van der Waals surface area contributed by atoms with Gasteiger partial charge in [-0.15, -0.1) is 0 Å². The lowest BCUT2D eigenvalue weighted by atomic mass is 10.2. The zero-order valence-electron chi connectivity index (χ0n) is 10.5. The number of anilines is 2. The first-order valence-corrected chi connectivity index (χ1v) is 6.48. The van der Waals surface area contributed by atoms with Gasteiger partial charge < -0.3 is 11.1 Å². The lowest BCUT2D eigenvalue weighted by Gasteiger charge is -2.07. The second kappa shape index (κ2) is 5.88. The molecule has 0 aromatic heterocycles. The largest absolute Gasteiger partial charge is 0.398 e. The Balaban J connectivity index is 2.31. The van der Waals surface area contributed by atoms with E-state index in [9.17, 15) is 19.3 Å². The number of nitrogens with zero attached hydrogens (tertiary/aromatic N) is 1. The van der Waals surface area contributed by atoms with Crippen molar-refractivity contribution in [1.29, 1.82) is 0 Å². The molecule has 0 saturated heterocycles. The molecule has 0 radical (unpaired) electrons. The minimum absolute atomic E-state index is 0.0839. The van der Waals surface area contributed by atoms with Crippen LogP contribution >= 0.6 is 15.9 Å². The number of rotatable bonds is 3. The minimum Gasteiger partial charge on any atom is -0.398 e. The summed E-state index contributed by atoms with van der Waals surface area (Å²) >= 11 is 3.18. The van der Waals surface area contributed by atoms with Crippen LogP contribution in [0.5, 0.6) is 0 Å². The van der Waals surface area contributed by atoms with Crippen LogP contribution in [0.15, 0.2) is 40.9 Å². The molecule has 0 fully saturated rings. The monoisotopic (exact) mass is 353 g/mol. The Kier molecular flexibility index (Phi) is 4.18. The van der Waals surface area contributed by atoms with Crippen LogP contribution in [0.3, 0.4) is 0 Å². The number of nitro benzene ring substituents is 1. The van der Waals surface area contributed by atoms with Gasteiger partial charge in [-0.3, -0.25) is 14.9 Å². The summed E-state index contributed by atoms with van der Waals surface area (Å²) in [5, 5.41) is 13.2. The van der Waals surface area contributed by atoms with Crippen molar-refractivity contribution in [3.63, 3.8) is 0 Å². The molecule has 108 valence electrons. The molecule has 0 aliphatic rings. The van der Waals surface area contributed by atoms with E-state index in [2.05, 4.69) is 21.2 Å². The molecular weight excluding hydrogens is 345 g/mol. The molecule has 2 aromatic rings. The molecule has 0 heterocycles. The first-order valence-electron chi connectivity index (χ1n) is 5.69. The Bertz CT molecular complexity index is 737. The highest BCUT2D eigenvalue weighted by atomic mass is 79.9. The number of carbonyl (C=O) groups excluding carboxylic acids is 1. The standard InChI is InChI=1S/C13H9BrFN3O3/c14-9-5-7(1-3-10(9)16)13(19)17-11-4-2-8(15)6-12(11)18(20)21/h1-6H,16H2,(H,17,19). The average molecular weight is 354 g/mol. The predicted octanol–water partition coefficient (Wildman–Crippen LogP) is 3.33. The van der Waals surface area contributed by atoms with Crippen molar-refractivity contribution in [1.82, 2.24) is 0 Å². The third-order valence-electron chi connectivity index (χ3n) is 2.67. The van der Waals surface area contributed by atoms with E-state index >= 15 is 0 Å². The summed E-state index contributed by atoms with van der Waals surface area (Å²) in [7, 11) is 0. The molecule has 0 aliphatic heterocycles. The molecule has 0 spiro atoms. The summed E-state index contributed by atoms with van der Waals surface area (Å²) in [4.78, 5) is 22.1. The lowest BCUT2D eigenvalue weighted by Crippen LogP contribution is -2.13. The zero-order valence-corrected chi connectivity index (χ0v) is 12.1. The molecule has 0 saturated carbocycles. The summed E-state index contributed by atoms with van der Waals surface area (Å²) in [5.74, 6) is -1.32. The lowest BCUT2D eigenvalue weighted by molar-refractivity contribution is -0.384. The fraction of sp³-hybridized carbons (Fsp3) is 0. The van der Waals surface area contributed by atoms with Gasteiger partial charge in [0.15, 0.2) is 0 Å². The van der Waals surface area contributed by atoms with Crippen molar-refractivity contribution in [3.05, 3.63) is 62.4 Å². The molecule has 6 nitrogen and oxygen atoms in total. The highest BCUT2D eigenvalue weighted by Gasteiger charge is 2.18. The van der Waals surface area contributed by atoms with Crippen LogP contribution in [0.1, 0.15) is 10.4 Å². The number of nitrogens with one attached hydrogen (secondary N) is 1. The van der Waals surface area contributed by atoms with Crippen molar-refractivity contribution in [2.75, 3.05) is 11.1 Å². The third kappa shape index (κ3) is 3.34. The molecule has 3 N–H and O–H groups in total. The van der Waals surface area contributed by atoms with Gasteiger partial charge in [0.05, 0.1) is 11.0 Å². The van der Waals surface area contributed by atoms with E-state index in [1.807, 2.05) is 0 Å². The number of carbonyl (C=O) groups is 1. The minimum atomic E-state index is -0.766. The van der Waals surface area contributed by atoms with Crippen molar-refractivity contribution >= 4 is 38.9 Å². The molecule has 0 atom stereocenters. The molecule has 8 heteroatoms. The van der Waals surface area contributed by atoms with Crippen molar-refractivity contribution < 1.29 is 14.1 Å². The van der Waals surface area contributed by atoms with E-state index in [-0.39, 0.29) is 11.3 Å². The van der Waals surface area contributed by atoms with Gasteiger partial charge in [-0.2, -0.15) is 0 Å². The Morgan fingerprint density at radius 3 is 2.62 bits per heavy atom. The van der Waals surface area contributed by atoms with Gasteiger partial charge in [-0.25, -0.2) is 4.39 Å². The number of nitro groups is 1. The highest BCUT2D eigenvalue weighted by Crippen LogP contribution is 2.26. The number of nitrogen functional groups attached to an aromatic ring is 1. The zero-order chi connectivity index (χ0) is 15.6. The molecule has 2 aromatic carbocycles. The molecule has 1 amide bonds. The Morgan fingerprint density at radius 1 is 1.29 bits per heavy atom. The quantitative estimate of drug-likeness (QED) is 0.502. The van der Waals surface area contributed by atoms with Crippen LogP contribution in [0.4, 0.5) is 21.5 Å². The van der Waals surface area contributed by atoms with Crippen molar-refractivity contribution in [2.24, 2.45) is 0 Å². The summed E-state index contributed by atoms with van der Waals surface area (Å²) in [6, 6.07) is 7.40. The molecule has 0 aliphatic carbocycles. The number of nitrogens with two attached hydrogens (primary N) is 1. The molecular formula is C13H9BrFN3O3. The van der Waals surface area contributed by atoms with Gasteiger partial charge >= 0.3 is 0 Å². The smallest absolute Gasteiger partial charge is 0.295 e. The van der Waals surface area contributed by atoms with Crippen LogP contribution in [-0.2, 0) is 0 Å². The molecule has 21 heavy (non-hydrogen) atoms. The van der Waals surface area contributed by atoms with E-state index in [4.69, 9.17) is 5.73 Å². The summed E-state index contributed by atoms with van der Waals surface area (Å²) in [6.07, 6.45) is 0. The topological polar surface area (TPSA) is 98.3 Å². The summed E-state index contributed by atoms with van der Waals surface area (Å²) in [5.41, 5.74) is 5.73. The van der Waals surface area contributed by atoms with E-state index in [1.54, 1.807) is 0 Å². The molecule has 2 rings (SSSR count). The van der Waals surface area contributed by atoms with E-state index in [1.165, 1.54) is 18.2 Å². The van der Waals surface area contributed by atoms with Gasteiger partial charge in [0.1, 0.15) is 11.5 Å². The van der Waals surface area contributed by atoms with Gasteiger partial charge in [0.2, 0.25) is 0 Å².